The highest BCUT2D eigenvalue weighted by Crippen LogP contribution is 2.15. The molecule has 0 fully saturated rings. The molecule has 0 unspecified atom stereocenters. The molecule has 3 heteroatoms. The molecule has 3 nitrogen and oxygen atoms in total. The van der Waals surface area contributed by atoms with Crippen LogP contribution in [-0.4, -0.2) is 16.3 Å². The second-order valence-corrected chi connectivity index (χ2v) is 3.46. The fourth-order valence-electron chi connectivity index (χ4n) is 1.50. The van der Waals surface area contributed by atoms with Gasteiger partial charge in [-0.15, -0.1) is 0 Å². The van der Waals surface area contributed by atoms with Crippen molar-refractivity contribution in [3.05, 3.63) is 48.4 Å². The predicted octanol–water partition coefficient (Wildman–Crippen LogP) is 2.28. The Morgan fingerprint density at radius 1 is 1.19 bits per heavy atom. The SMILES string of the molecule is O=CCCc1cccc(-c2cccnc2)n1. The molecular weight excluding hydrogens is 200 g/mol. The molecule has 0 amide bonds. The Kier molecular flexibility index (Phi) is 3.38. The number of aromatic nitrogens is 2. The average molecular weight is 212 g/mol. The van der Waals surface area contributed by atoms with Gasteiger partial charge in [-0.25, -0.2) is 0 Å². The number of carbonyl (C=O) groups excluding carboxylic acids is 1. The Bertz CT molecular complexity index is 468. The number of hydrogen-bond acceptors (Lipinski definition) is 3. The van der Waals surface area contributed by atoms with Crippen LogP contribution >= 0.6 is 0 Å². The van der Waals surface area contributed by atoms with Crippen molar-refractivity contribution in [3.8, 4) is 11.3 Å². The highest BCUT2D eigenvalue weighted by Gasteiger charge is 2.00. The minimum absolute atomic E-state index is 0.517. The van der Waals surface area contributed by atoms with Gasteiger partial charge in [0, 0.05) is 30.1 Å². The minimum Gasteiger partial charge on any atom is -0.303 e. The zero-order valence-electron chi connectivity index (χ0n) is 8.84. The molecular formula is C13H12N2O. The molecule has 2 rings (SSSR count). The lowest BCUT2D eigenvalue weighted by Crippen LogP contribution is -1.93. The van der Waals surface area contributed by atoms with Crippen LogP contribution in [0, 0.1) is 0 Å². The number of hydrogen-bond donors (Lipinski definition) is 0. The Labute approximate surface area is 94.2 Å². The highest BCUT2D eigenvalue weighted by atomic mass is 16.1. The quantitative estimate of drug-likeness (QED) is 0.730. The molecule has 2 aromatic heterocycles. The summed E-state index contributed by atoms with van der Waals surface area (Å²) in [5, 5.41) is 0. The van der Waals surface area contributed by atoms with E-state index in [4.69, 9.17) is 0 Å². The van der Waals surface area contributed by atoms with E-state index >= 15 is 0 Å². The molecule has 0 bridgehead atoms. The fraction of sp³-hybridized carbons (Fsp3) is 0.154. The topological polar surface area (TPSA) is 42.9 Å². The summed E-state index contributed by atoms with van der Waals surface area (Å²) in [5.41, 5.74) is 2.83. The second kappa shape index (κ2) is 5.16. The molecule has 0 spiro atoms. The van der Waals surface area contributed by atoms with Crippen molar-refractivity contribution < 1.29 is 4.79 Å². The predicted molar refractivity (Wildman–Crippen MR) is 61.9 cm³/mol. The van der Waals surface area contributed by atoms with Gasteiger partial charge in [-0.1, -0.05) is 6.07 Å². The fourth-order valence-corrected chi connectivity index (χ4v) is 1.50. The van der Waals surface area contributed by atoms with Crippen molar-refractivity contribution in [1.82, 2.24) is 9.97 Å². The summed E-state index contributed by atoms with van der Waals surface area (Å²) in [6.07, 6.45) is 5.64. The largest absolute Gasteiger partial charge is 0.303 e. The lowest BCUT2D eigenvalue weighted by atomic mass is 10.1. The van der Waals surface area contributed by atoms with E-state index in [1.807, 2.05) is 30.3 Å². The molecule has 0 radical (unpaired) electrons. The molecule has 2 heterocycles. The van der Waals surface area contributed by atoms with Crippen molar-refractivity contribution in [2.45, 2.75) is 12.8 Å². The molecule has 16 heavy (non-hydrogen) atoms. The van der Waals surface area contributed by atoms with Gasteiger partial charge in [0.15, 0.2) is 0 Å². The minimum atomic E-state index is 0.517. The van der Waals surface area contributed by atoms with Gasteiger partial charge in [-0.2, -0.15) is 0 Å². The monoisotopic (exact) mass is 212 g/mol. The summed E-state index contributed by atoms with van der Waals surface area (Å²) in [6.45, 7) is 0. The van der Waals surface area contributed by atoms with E-state index in [0.29, 0.717) is 12.8 Å². The van der Waals surface area contributed by atoms with Crippen LogP contribution in [0.25, 0.3) is 11.3 Å². The maximum absolute atomic E-state index is 10.3. The van der Waals surface area contributed by atoms with E-state index in [-0.39, 0.29) is 0 Å². The van der Waals surface area contributed by atoms with E-state index < -0.39 is 0 Å². The summed E-state index contributed by atoms with van der Waals surface area (Å²) < 4.78 is 0. The van der Waals surface area contributed by atoms with E-state index in [1.165, 1.54) is 0 Å². The standard InChI is InChI=1S/C13H12N2O/c16-9-3-6-12-5-1-7-13(15-12)11-4-2-8-14-10-11/h1-2,4-5,7-10H,3,6H2. The zero-order chi connectivity index (χ0) is 11.2. The average Bonchev–Trinajstić information content (AvgIpc) is 2.38. The lowest BCUT2D eigenvalue weighted by molar-refractivity contribution is -0.107. The van der Waals surface area contributed by atoms with Gasteiger partial charge in [0.1, 0.15) is 6.29 Å². The van der Waals surface area contributed by atoms with E-state index in [1.54, 1.807) is 12.4 Å². The van der Waals surface area contributed by atoms with Crippen LogP contribution < -0.4 is 0 Å². The molecule has 0 saturated carbocycles. The van der Waals surface area contributed by atoms with Gasteiger partial charge in [0.2, 0.25) is 0 Å². The summed E-state index contributed by atoms with van der Waals surface area (Å²) in [5.74, 6) is 0. The molecule has 0 saturated heterocycles. The number of nitrogens with zero attached hydrogens (tertiary/aromatic N) is 2. The third-order valence-electron chi connectivity index (χ3n) is 2.28. The van der Waals surface area contributed by atoms with Gasteiger partial charge >= 0.3 is 0 Å². The maximum atomic E-state index is 10.3. The smallest absolute Gasteiger partial charge is 0.120 e. The first kappa shape index (κ1) is 10.5. The van der Waals surface area contributed by atoms with E-state index in [0.717, 1.165) is 23.2 Å². The lowest BCUT2D eigenvalue weighted by Gasteiger charge is -2.02. The number of aldehydes is 1. The molecule has 0 N–H and O–H groups in total. The van der Waals surface area contributed by atoms with Crippen molar-refractivity contribution in [1.29, 1.82) is 0 Å². The number of pyridine rings is 2. The summed E-state index contributed by atoms with van der Waals surface area (Å²) >= 11 is 0. The molecule has 80 valence electrons. The third-order valence-corrected chi connectivity index (χ3v) is 2.28. The summed E-state index contributed by atoms with van der Waals surface area (Å²) in [7, 11) is 0. The molecule has 0 aliphatic carbocycles. The number of rotatable bonds is 4. The van der Waals surface area contributed by atoms with E-state index in [9.17, 15) is 4.79 Å². The van der Waals surface area contributed by atoms with Crippen LogP contribution in [-0.2, 0) is 11.2 Å². The van der Waals surface area contributed by atoms with Crippen molar-refractivity contribution in [2.75, 3.05) is 0 Å². The van der Waals surface area contributed by atoms with E-state index in [2.05, 4.69) is 9.97 Å². The van der Waals surface area contributed by atoms with Gasteiger partial charge in [0.05, 0.1) is 5.69 Å². The van der Waals surface area contributed by atoms with Crippen LogP contribution in [0.2, 0.25) is 0 Å². The van der Waals surface area contributed by atoms with Crippen molar-refractivity contribution >= 4 is 6.29 Å². The zero-order valence-corrected chi connectivity index (χ0v) is 8.84. The van der Waals surface area contributed by atoms with Gasteiger partial charge in [-0.3, -0.25) is 9.97 Å². The Morgan fingerprint density at radius 3 is 2.88 bits per heavy atom. The van der Waals surface area contributed by atoms with Gasteiger partial charge in [-0.05, 0) is 30.7 Å². The third kappa shape index (κ3) is 2.51. The Balaban J connectivity index is 2.25. The summed E-state index contributed by atoms with van der Waals surface area (Å²) in [4.78, 5) is 18.8. The number of aryl methyl sites for hydroxylation is 1. The van der Waals surface area contributed by atoms with Gasteiger partial charge < -0.3 is 4.79 Å². The normalized spacial score (nSPS) is 10.0. The Hall–Kier alpha value is -2.03. The number of carbonyl (C=O) groups is 1. The van der Waals surface area contributed by atoms with Gasteiger partial charge in [0.25, 0.3) is 0 Å². The first-order chi connectivity index (χ1) is 7.90. The maximum Gasteiger partial charge on any atom is 0.120 e. The molecule has 0 aliphatic heterocycles. The van der Waals surface area contributed by atoms with Crippen molar-refractivity contribution in [3.63, 3.8) is 0 Å². The molecule has 2 aromatic rings. The van der Waals surface area contributed by atoms with Crippen LogP contribution in [0.1, 0.15) is 12.1 Å². The van der Waals surface area contributed by atoms with Crippen molar-refractivity contribution in [2.24, 2.45) is 0 Å². The van der Waals surface area contributed by atoms with Crippen LogP contribution in [0.4, 0.5) is 0 Å². The summed E-state index contributed by atoms with van der Waals surface area (Å²) in [6, 6.07) is 9.69. The highest BCUT2D eigenvalue weighted by molar-refractivity contribution is 5.57. The first-order valence-corrected chi connectivity index (χ1v) is 5.20. The molecule has 0 aliphatic rings. The Morgan fingerprint density at radius 2 is 2.12 bits per heavy atom. The van der Waals surface area contributed by atoms with Crippen LogP contribution in [0.5, 0.6) is 0 Å². The molecule has 0 aromatic carbocycles. The molecule has 0 atom stereocenters. The second-order valence-electron chi connectivity index (χ2n) is 3.46. The first-order valence-electron chi connectivity index (χ1n) is 5.20. The van der Waals surface area contributed by atoms with Crippen LogP contribution in [0.3, 0.4) is 0 Å². The van der Waals surface area contributed by atoms with Crippen LogP contribution in [0.15, 0.2) is 42.7 Å².